The van der Waals surface area contributed by atoms with Crippen LogP contribution in [0.25, 0.3) is 0 Å². The number of halogens is 1. The average molecular weight is 368 g/mol. The van der Waals surface area contributed by atoms with Crippen LogP contribution in [0.4, 0.5) is 5.69 Å². The Morgan fingerprint density at radius 3 is 2.75 bits per heavy atom. The van der Waals surface area contributed by atoms with E-state index in [1.165, 1.54) is 24.4 Å². The summed E-state index contributed by atoms with van der Waals surface area (Å²) in [5, 5.41) is 3.01. The SMILES string of the molecule is CCCCNS(=O)(=O)c1cccc(NC(=O)c2cc(Cl)ccn2)c1. The van der Waals surface area contributed by atoms with Crippen molar-refractivity contribution in [3.8, 4) is 0 Å². The average Bonchev–Trinajstić information content (AvgIpc) is 2.55. The van der Waals surface area contributed by atoms with Gasteiger partial charge in [-0.2, -0.15) is 0 Å². The molecule has 2 aromatic rings. The molecule has 0 aliphatic rings. The zero-order valence-corrected chi connectivity index (χ0v) is 14.7. The molecule has 0 aliphatic carbocycles. The minimum Gasteiger partial charge on any atom is -0.321 e. The summed E-state index contributed by atoms with van der Waals surface area (Å²) in [7, 11) is -3.60. The van der Waals surface area contributed by atoms with Crippen LogP contribution in [0, 0.1) is 0 Å². The van der Waals surface area contributed by atoms with Gasteiger partial charge in [0.05, 0.1) is 4.90 Å². The maximum absolute atomic E-state index is 12.2. The van der Waals surface area contributed by atoms with Crippen molar-refractivity contribution in [2.45, 2.75) is 24.7 Å². The number of carbonyl (C=O) groups is 1. The predicted octanol–water partition coefficient (Wildman–Crippen LogP) is 3.07. The molecule has 0 bridgehead atoms. The van der Waals surface area contributed by atoms with E-state index in [1.807, 2.05) is 6.92 Å². The van der Waals surface area contributed by atoms with E-state index in [-0.39, 0.29) is 10.6 Å². The third-order valence-corrected chi connectivity index (χ3v) is 4.87. The fourth-order valence-corrected chi connectivity index (χ4v) is 3.21. The molecule has 6 nitrogen and oxygen atoms in total. The molecule has 1 aromatic carbocycles. The fraction of sp³-hybridized carbons (Fsp3) is 0.250. The maximum atomic E-state index is 12.2. The molecule has 0 unspecified atom stereocenters. The van der Waals surface area contributed by atoms with Crippen LogP contribution in [-0.2, 0) is 10.0 Å². The first-order chi connectivity index (χ1) is 11.4. The van der Waals surface area contributed by atoms with Crippen LogP contribution in [0.5, 0.6) is 0 Å². The van der Waals surface area contributed by atoms with E-state index in [9.17, 15) is 13.2 Å². The van der Waals surface area contributed by atoms with Crippen molar-refractivity contribution in [1.29, 1.82) is 0 Å². The second kappa shape index (κ2) is 8.23. The van der Waals surface area contributed by atoms with Crippen molar-refractivity contribution < 1.29 is 13.2 Å². The van der Waals surface area contributed by atoms with E-state index in [2.05, 4.69) is 15.0 Å². The first-order valence-electron chi connectivity index (χ1n) is 7.45. The molecule has 2 N–H and O–H groups in total. The van der Waals surface area contributed by atoms with Crippen LogP contribution in [0.1, 0.15) is 30.3 Å². The number of amides is 1. The quantitative estimate of drug-likeness (QED) is 0.736. The van der Waals surface area contributed by atoms with Crippen molar-refractivity contribution in [2.75, 3.05) is 11.9 Å². The van der Waals surface area contributed by atoms with E-state index < -0.39 is 15.9 Å². The summed E-state index contributed by atoms with van der Waals surface area (Å²) >= 11 is 5.83. The summed E-state index contributed by atoms with van der Waals surface area (Å²) in [6, 6.07) is 9.04. The number of aromatic nitrogens is 1. The highest BCUT2D eigenvalue weighted by Gasteiger charge is 2.15. The number of sulfonamides is 1. The van der Waals surface area contributed by atoms with Crippen LogP contribution in [0.15, 0.2) is 47.5 Å². The number of unbranched alkanes of at least 4 members (excludes halogenated alkanes) is 1. The molecular weight excluding hydrogens is 350 g/mol. The van der Waals surface area contributed by atoms with Crippen LogP contribution >= 0.6 is 11.6 Å². The van der Waals surface area contributed by atoms with E-state index >= 15 is 0 Å². The fourth-order valence-electron chi connectivity index (χ4n) is 1.93. The van der Waals surface area contributed by atoms with Gasteiger partial charge in [0, 0.05) is 23.5 Å². The van der Waals surface area contributed by atoms with Gasteiger partial charge in [-0.1, -0.05) is 31.0 Å². The van der Waals surface area contributed by atoms with Crippen LogP contribution < -0.4 is 10.0 Å². The minimum absolute atomic E-state index is 0.0930. The van der Waals surface area contributed by atoms with Crippen LogP contribution in [0.3, 0.4) is 0 Å². The maximum Gasteiger partial charge on any atom is 0.274 e. The molecule has 1 aromatic heterocycles. The highest BCUT2D eigenvalue weighted by Crippen LogP contribution is 2.17. The van der Waals surface area contributed by atoms with Gasteiger partial charge in [0.25, 0.3) is 5.91 Å². The van der Waals surface area contributed by atoms with Gasteiger partial charge in [0.1, 0.15) is 5.69 Å². The molecule has 2 rings (SSSR count). The summed E-state index contributed by atoms with van der Waals surface area (Å²) in [6.45, 7) is 2.36. The summed E-state index contributed by atoms with van der Waals surface area (Å²) in [5.41, 5.74) is 0.511. The van der Waals surface area contributed by atoms with Crippen molar-refractivity contribution >= 4 is 33.2 Å². The first-order valence-corrected chi connectivity index (χ1v) is 9.31. The van der Waals surface area contributed by atoms with Gasteiger partial charge in [-0.15, -0.1) is 0 Å². The smallest absolute Gasteiger partial charge is 0.274 e. The Morgan fingerprint density at radius 1 is 1.25 bits per heavy atom. The Bertz CT molecular complexity index is 825. The third kappa shape index (κ3) is 5.02. The van der Waals surface area contributed by atoms with Crippen LogP contribution in [-0.4, -0.2) is 25.9 Å². The third-order valence-electron chi connectivity index (χ3n) is 3.18. The molecule has 1 amide bonds. The van der Waals surface area contributed by atoms with Gasteiger partial charge >= 0.3 is 0 Å². The highest BCUT2D eigenvalue weighted by molar-refractivity contribution is 7.89. The Morgan fingerprint density at radius 2 is 2.04 bits per heavy atom. The first kappa shape index (κ1) is 18.4. The molecule has 0 saturated heterocycles. The van der Waals surface area contributed by atoms with Crippen LogP contribution in [0.2, 0.25) is 5.02 Å². The number of rotatable bonds is 7. The molecule has 0 saturated carbocycles. The topological polar surface area (TPSA) is 88.2 Å². The molecule has 0 spiro atoms. The predicted molar refractivity (Wildman–Crippen MR) is 93.7 cm³/mol. The van der Waals surface area contributed by atoms with Gasteiger partial charge in [0.2, 0.25) is 10.0 Å². The second-order valence-electron chi connectivity index (χ2n) is 5.09. The molecule has 0 aliphatic heterocycles. The molecule has 0 radical (unpaired) electrons. The largest absolute Gasteiger partial charge is 0.321 e. The number of anilines is 1. The Balaban J connectivity index is 2.14. The number of pyridine rings is 1. The Kier molecular flexibility index (Phi) is 6.30. The Labute approximate surface area is 146 Å². The number of benzene rings is 1. The zero-order valence-electron chi connectivity index (χ0n) is 13.1. The summed E-state index contributed by atoms with van der Waals surface area (Å²) in [5.74, 6) is -0.467. The van der Waals surface area contributed by atoms with Crippen molar-refractivity contribution in [3.63, 3.8) is 0 Å². The lowest BCUT2D eigenvalue weighted by Gasteiger charge is -2.09. The van der Waals surface area contributed by atoms with Crippen molar-refractivity contribution in [1.82, 2.24) is 9.71 Å². The molecule has 0 fully saturated rings. The van der Waals surface area contributed by atoms with Gasteiger partial charge in [-0.25, -0.2) is 13.1 Å². The standard InChI is InChI=1S/C16H18ClN3O3S/c1-2-3-8-19-24(22,23)14-6-4-5-13(11-14)20-16(21)15-10-12(17)7-9-18-15/h4-7,9-11,19H,2-3,8H2,1H3,(H,20,21). The lowest BCUT2D eigenvalue weighted by molar-refractivity contribution is 0.102. The molecule has 8 heteroatoms. The van der Waals surface area contributed by atoms with Gasteiger partial charge in [0.15, 0.2) is 0 Å². The number of hydrogen-bond acceptors (Lipinski definition) is 4. The highest BCUT2D eigenvalue weighted by atomic mass is 35.5. The number of nitrogens with one attached hydrogen (secondary N) is 2. The molecular formula is C16H18ClN3O3S. The molecule has 1 heterocycles. The summed E-state index contributed by atoms with van der Waals surface area (Å²) < 4.78 is 26.9. The minimum atomic E-state index is -3.60. The van der Waals surface area contributed by atoms with Gasteiger partial charge in [-0.05, 0) is 36.8 Å². The van der Waals surface area contributed by atoms with Crippen molar-refractivity contribution in [3.05, 3.63) is 53.3 Å². The second-order valence-corrected chi connectivity index (χ2v) is 7.30. The van der Waals surface area contributed by atoms with E-state index in [0.717, 1.165) is 12.8 Å². The number of carbonyl (C=O) groups excluding carboxylic acids is 1. The van der Waals surface area contributed by atoms with E-state index in [4.69, 9.17) is 11.6 Å². The summed E-state index contributed by atoms with van der Waals surface area (Å²) in [4.78, 5) is 16.2. The van der Waals surface area contributed by atoms with E-state index in [1.54, 1.807) is 18.2 Å². The van der Waals surface area contributed by atoms with Gasteiger partial charge < -0.3 is 5.32 Å². The lowest BCUT2D eigenvalue weighted by Crippen LogP contribution is -2.24. The van der Waals surface area contributed by atoms with E-state index in [0.29, 0.717) is 17.3 Å². The summed E-state index contributed by atoms with van der Waals surface area (Å²) in [6.07, 6.45) is 3.08. The van der Waals surface area contributed by atoms with Crippen molar-refractivity contribution in [2.24, 2.45) is 0 Å². The molecule has 0 atom stereocenters. The van der Waals surface area contributed by atoms with Gasteiger partial charge in [-0.3, -0.25) is 9.78 Å². The Hall–Kier alpha value is -1.96. The monoisotopic (exact) mass is 367 g/mol. The zero-order chi connectivity index (χ0) is 17.6. The molecule has 24 heavy (non-hydrogen) atoms. The lowest BCUT2D eigenvalue weighted by atomic mass is 10.3. The normalized spacial score (nSPS) is 11.2. The number of hydrogen-bond donors (Lipinski definition) is 2. The molecule has 128 valence electrons. The number of nitrogens with zero attached hydrogens (tertiary/aromatic N) is 1.